The van der Waals surface area contributed by atoms with Crippen LogP contribution in [-0.4, -0.2) is 44.8 Å². The summed E-state index contributed by atoms with van der Waals surface area (Å²) in [7, 11) is 0. The largest absolute Gasteiger partial charge is 0.363 e. The molecular formula is C42H40F6N6O2. The fourth-order valence-electron chi connectivity index (χ4n) is 7.83. The number of piperidine rings is 2. The lowest BCUT2D eigenvalue weighted by Gasteiger charge is -2.35. The third-order valence-corrected chi connectivity index (χ3v) is 11.1. The van der Waals surface area contributed by atoms with Crippen LogP contribution in [0.4, 0.5) is 32.2 Å². The number of halogens is 6. The summed E-state index contributed by atoms with van der Waals surface area (Å²) < 4.78 is 86.0. The lowest BCUT2D eigenvalue weighted by Crippen LogP contribution is -2.49. The molecule has 56 heavy (non-hydrogen) atoms. The molecule has 292 valence electrons. The lowest BCUT2D eigenvalue weighted by atomic mass is 9.74. The van der Waals surface area contributed by atoms with E-state index >= 15 is 4.39 Å². The Kier molecular flexibility index (Phi) is 10.9. The highest BCUT2D eigenvalue weighted by atomic mass is 19.3. The molecule has 8 nitrogen and oxygen atoms in total. The van der Waals surface area contributed by atoms with Gasteiger partial charge in [0.2, 0.25) is 11.8 Å². The molecule has 0 saturated carbocycles. The first-order valence-corrected chi connectivity index (χ1v) is 18.5. The number of nitrogens with zero attached hydrogens (tertiary/aromatic N) is 4. The first-order valence-electron chi connectivity index (χ1n) is 18.5. The lowest BCUT2D eigenvalue weighted by molar-refractivity contribution is -0.137. The van der Waals surface area contributed by atoms with Crippen molar-refractivity contribution in [1.29, 1.82) is 0 Å². The molecule has 2 aliphatic rings. The van der Waals surface area contributed by atoms with Gasteiger partial charge in [0, 0.05) is 40.6 Å². The van der Waals surface area contributed by atoms with Gasteiger partial charge in [-0.3, -0.25) is 24.8 Å². The van der Waals surface area contributed by atoms with Crippen molar-refractivity contribution < 1.29 is 35.9 Å². The normalized spacial score (nSPS) is 18.8. The Balaban J connectivity index is 1.07. The minimum atomic E-state index is -2.96. The molecule has 2 aliphatic heterocycles. The highest BCUT2D eigenvalue weighted by Gasteiger charge is 2.41. The molecular weight excluding hydrogens is 734 g/mol. The van der Waals surface area contributed by atoms with Crippen LogP contribution in [0, 0.1) is 18.6 Å². The zero-order valence-corrected chi connectivity index (χ0v) is 31.0. The van der Waals surface area contributed by atoms with E-state index < -0.39 is 47.4 Å². The van der Waals surface area contributed by atoms with E-state index in [2.05, 4.69) is 30.5 Å². The smallest absolute Gasteiger partial charge is 0.266 e. The maximum absolute atomic E-state index is 15.3. The molecule has 4 heterocycles. The third kappa shape index (κ3) is 7.71. The van der Waals surface area contributed by atoms with Gasteiger partial charge >= 0.3 is 0 Å². The third-order valence-electron chi connectivity index (χ3n) is 11.1. The van der Waals surface area contributed by atoms with E-state index in [0.717, 1.165) is 6.07 Å². The minimum Gasteiger partial charge on any atom is -0.363 e. The van der Waals surface area contributed by atoms with Crippen LogP contribution < -0.4 is 10.6 Å². The van der Waals surface area contributed by atoms with Crippen molar-refractivity contribution in [3.63, 3.8) is 0 Å². The van der Waals surface area contributed by atoms with Crippen LogP contribution >= 0.6 is 0 Å². The number of anilines is 1. The Morgan fingerprint density at radius 2 is 1.66 bits per heavy atom. The molecule has 0 spiro atoms. The first-order chi connectivity index (χ1) is 26.7. The Morgan fingerprint density at radius 1 is 0.929 bits per heavy atom. The van der Waals surface area contributed by atoms with Gasteiger partial charge in [-0.1, -0.05) is 30.3 Å². The van der Waals surface area contributed by atoms with Crippen molar-refractivity contribution in [2.75, 3.05) is 18.4 Å². The number of nitrogens with one attached hydrogen (secondary N) is 2. The fraction of sp³-hybridized carbons (Fsp3) is 0.357. The number of imide groups is 1. The van der Waals surface area contributed by atoms with Gasteiger partial charge < -0.3 is 5.32 Å². The zero-order chi connectivity index (χ0) is 39.9. The van der Waals surface area contributed by atoms with Gasteiger partial charge in [-0.25, -0.2) is 36.3 Å². The standard InChI is InChI=1S/C42H40F6N6O2/c1-22(28-5-4-6-30(37(28)44)38(45)46)50-40-32-19-34(49-20-35(32)51-23(2)52-40)25-7-10-33(43)26(17-25)21-54-15-12-24(13-16-54)29-9-8-27(18-31(29)39(47)48)42(3)14-11-36(55)53-41(42)56/h4-10,17-20,22,24,38-39H,11-16,21H2,1-3H3,(H,50,51,52)(H,53,55,56)/t22-,42-/m1/s1. The molecule has 0 unspecified atom stereocenters. The van der Waals surface area contributed by atoms with E-state index in [1.165, 1.54) is 24.3 Å². The van der Waals surface area contributed by atoms with Crippen LogP contribution in [0.1, 0.15) is 104 Å². The number of likely N-dealkylation sites (tertiary alicyclic amines) is 1. The summed E-state index contributed by atoms with van der Waals surface area (Å²) in [5.41, 5.74) is 1.21. The highest BCUT2D eigenvalue weighted by Crippen LogP contribution is 2.40. The van der Waals surface area contributed by atoms with E-state index in [9.17, 15) is 31.5 Å². The Hall–Kier alpha value is -5.37. The van der Waals surface area contributed by atoms with E-state index in [-0.39, 0.29) is 42.3 Å². The predicted octanol–water partition coefficient (Wildman–Crippen LogP) is 9.40. The summed E-state index contributed by atoms with van der Waals surface area (Å²) in [5, 5.41) is 6.03. The van der Waals surface area contributed by atoms with Crippen molar-refractivity contribution >= 4 is 28.5 Å². The second-order valence-corrected chi connectivity index (χ2v) is 14.8. The molecule has 2 atom stereocenters. The summed E-state index contributed by atoms with van der Waals surface area (Å²) in [5.74, 6) is -1.65. The van der Waals surface area contributed by atoms with Gasteiger partial charge in [0.05, 0.1) is 34.4 Å². The summed E-state index contributed by atoms with van der Waals surface area (Å²) in [4.78, 5) is 40.1. The molecule has 2 N–H and O–H groups in total. The number of hydrogen-bond donors (Lipinski definition) is 2. The topological polar surface area (TPSA) is 100 Å². The Labute approximate surface area is 319 Å². The maximum atomic E-state index is 15.3. The van der Waals surface area contributed by atoms with Gasteiger partial charge in [-0.15, -0.1) is 0 Å². The second-order valence-electron chi connectivity index (χ2n) is 14.8. The summed E-state index contributed by atoms with van der Waals surface area (Å²) in [6.07, 6.45) is -2.64. The Bertz CT molecular complexity index is 2310. The van der Waals surface area contributed by atoms with E-state index in [0.29, 0.717) is 76.4 Å². The van der Waals surface area contributed by atoms with Crippen LogP contribution in [0.25, 0.3) is 22.2 Å². The SMILES string of the molecule is Cc1nc(N[C@H](C)c2cccc(C(F)F)c2F)c2cc(-c3ccc(F)c(CN4CCC(c5ccc([C@@]6(C)CCC(=O)NC6=O)cc5C(F)F)CC4)c3)ncc2n1. The number of carbonyl (C=O) groups is 2. The quantitative estimate of drug-likeness (QED) is 0.108. The number of aromatic nitrogens is 3. The van der Waals surface area contributed by atoms with Crippen molar-refractivity contribution in [3.05, 3.63) is 118 Å². The number of amides is 2. The number of aryl methyl sites for hydroxylation is 1. The van der Waals surface area contributed by atoms with Crippen molar-refractivity contribution in [3.8, 4) is 11.3 Å². The van der Waals surface area contributed by atoms with Crippen LogP contribution in [0.15, 0.2) is 66.9 Å². The molecule has 2 saturated heterocycles. The van der Waals surface area contributed by atoms with Crippen LogP contribution in [0.5, 0.6) is 0 Å². The van der Waals surface area contributed by atoms with E-state index in [4.69, 9.17) is 0 Å². The van der Waals surface area contributed by atoms with Crippen molar-refractivity contribution in [2.24, 2.45) is 0 Å². The van der Waals surface area contributed by atoms with E-state index in [1.807, 2.05) is 0 Å². The zero-order valence-electron chi connectivity index (χ0n) is 31.0. The maximum Gasteiger partial charge on any atom is 0.266 e. The number of fused-ring (bicyclic) bond motifs is 1. The average Bonchev–Trinajstić information content (AvgIpc) is 3.17. The molecule has 2 aromatic heterocycles. The second kappa shape index (κ2) is 15.6. The number of carbonyl (C=O) groups excluding carboxylic acids is 2. The number of pyridine rings is 1. The van der Waals surface area contributed by atoms with Crippen LogP contribution in [-0.2, 0) is 21.5 Å². The van der Waals surface area contributed by atoms with Gasteiger partial charge in [-0.2, -0.15) is 0 Å². The minimum absolute atomic E-state index is 0.0558. The number of benzene rings is 3. The highest BCUT2D eigenvalue weighted by molar-refractivity contribution is 6.03. The van der Waals surface area contributed by atoms with E-state index in [1.54, 1.807) is 57.3 Å². The first kappa shape index (κ1) is 38.9. The molecule has 3 aromatic carbocycles. The average molecular weight is 775 g/mol. The molecule has 0 bridgehead atoms. The van der Waals surface area contributed by atoms with Crippen LogP contribution in [0.3, 0.4) is 0 Å². The molecule has 14 heteroatoms. The molecule has 2 fully saturated rings. The van der Waals surface area contributed by atoms with Gasteiger partial charge in [0.15, 0.2) is 0 Å². The molecule has 2 amide bonds. The summed E-state index contributed by atoms with van der Waals surface area (Å²) in [6, 6.07) is 14.4. The van der Waals surface area contributed by atoms with Crippen molar-refractivity contribution in [2.45, 2.75) is 83.2 Å². The fourth-order valence-corrected chi connectivity index (χ4v) is 7.83. The number of rotatable bonds is 10. The summed E-state index contributed by atoms with van der Waals surface area (Å²) >= 11 is 0. The predicted molar refractivity (Wildman–Crippen MR) is 199 cm³/mol. The van der Waals surface area contributed by atoms with Gasteiger partial charge in [0.25, 0.3) is 12.9 Å². The van der Waals surface area contributed by atoms with Crippen LogP contribution in [0.2, 0.25) is 0 Å². The Morgan fingerprint density at radius 3 is 2.38 bits per heavy atom. The van der Waals surface area contributed by atoms with Crippen molar-refractivity contribution in [1.82, 2.24) is 25.2 Å². The number of alkyl halides is 4. The van der Waals surface area contributed by atoms with Gasteiger partial charge in [-0.05, 0) is 100 Å². The molecule has 0 radical (unpaired) electrons. The summed E-state index contributed by atoms with van der Waals surface area (Å²) in [6.45, 7) is 6.36. The molecule has 7 rings (SSSR count). The monoisotopic (exact) mass is 774 g/mol. The van der Waals surface area contributed by atoms with Gasteiger partial charge in [0.1, 0.15) is 23.3 Å². The molecule has 5 aromatic rings. The molecule has 0 aliphatic carbocycles. The number of hydrogen-bond acceptors (Lipinski definition) is 7.